The summed E-state index contributed by atoms with van der Waals surface area (Å²) in [6, 6.07) is 15.7. The van der Waals surface area contributed by atoms with Crippen LogP contribution in [0.15, 0.2) is 54.7 Å². The van der Waals surface area contributed by atoms with E-state index in [2.05, 4.69) is 15.3 Å². The predicted molar refractivity (Wildman–Crippen MR) is 78.3 cm³/mol. The van der Waals surface area contributed by atoms with E-state index in [1.165, 1.54) is 0 Å². The summed E-state index contributed by atoms with van der Waals surface area (Å²) < 4.78 is 0. The molecule has 0 aliphatic rings. The van der Waals surface area contributed by atoms with Gasteiger partial charge < -0.3 is 5.32 Å². The molecule has 0 unspecified atom stereocenters. The molecule has 0 saturated carbocycles. The van der Waals surface area contributed by atoms with Gasteiger partial charge in [-0.1, -0.05) is 41.9 Å². The van der Waals surface area contributed by atoms with E-state index in [-0.39, 0.29) is 0 Å². The normalized spacial score (nSPS) is 10.6. The van der Waals surface area contributed by atoms with Crippen LogP contribution in [0.5, 0.6) is 0 Å². The second-order valence-corrected chi connectivity index (χ2v) is 4.58. The van der Waals surface area contributed by atoms with Crippen LogP contribution in [-0.4, -0.2) is 9.97 Å². The number of hydrogen-bond donors (Lipinski definition) is 1. The molecule has 1 aromatic carbocycles. The molecule has 4 heteroatoms. The first-order valence-corrected chi connectivity index (χ1v) is 6.40. The van der Waals surface area contributed by atoms with E-state index in [9.17, 15) is 0 Å². The number of anilines is 1. The van der Waals surface area contributed by atoms with Crippen molar-refractivity contribution in [3.05, 3.63) is 65.6 Å². The van der Waals surface area contributed by atoms with Gasteiger partial charge >= 0.3 is 0 Å². The fourth-order valence-electron chi connectivity index (χ4n) is 1.98. The van der Waals surface area contributed by atoms with Crippen molar-refractivity contribution in [2.45, 2.75) is 6.54 Å². The minimum atomic E-state index is 0.488. The standard InChI is InChI=1S/C15H12ClN3/c16-14-9-11-5-1-2-7-13(11)15(19-14)18-10-12-6-3-4-8-17-12/h1-9H,10H2,(H,18,19). The predicted octanol–water partition coefficient (Wildman–Crippen LogP) is 3.90. The number of hydrogen-bond acceptors (Lipinski definition) is 3. The number of halogens is 1. The quantitative estimate of drug-likeness (QED) is 0.733. The van der Waals surface area contributed by atoms with Crippen molar-refractivity contribution in [1.29, 1.82) is 0 Å². The highest BCUT2D eigenvalue weighted by atomic mass is 35.5. The minimum Gasteiger partial charge on any atom is -0.364 e. The molecule has 0 fully saturated rings. The van der Waals surface area contributed by atoms with Crippen LogP contribution in [0.1, 0.15) is 5.69 Å². The lowest BCUT2D eigenvalue weighted by atomic mass is 10.1. The Morgan fingerprint density at radius 3 is 2.74 bits per heavy atom. The molecule has 3 aromatic rings. The van der Waals surface area contributed by atoms with E-state index < -0.39 is 0 Å². The molecular weight excluding hydrogens is 258 g/mol. The number of nitrogens with one attached hydrogen (secondary N) is 1. The first-order valence-electron chi connectivity index (χ1n) is 6.02. The first-order chi connectivity index (χ1) is 9.33. The maximum absolute atomic E-state index is 6.04. The summed E-state index contributed by atoms with van der Waals surface area (Å²) in [6.45, 7) is 0.623. The number of aromatic nitrogens is 2. The lowest BCUT2D eigenvalue weighted by Crippen LogP contribution is -2.03. The van der Waals surface area contributed by atoms with Crippen LogP contribution in [0.4, 0.5) is 5.82 Å². The van der Waals surface area contributed by atoms with Gasteiger partial charge in [-0.15, -0.1) is 0 Å². The van der Waals surface area contributed by atoms with Crippen LogP contribution in [-0.2, 0) is 6.54 Å². The van der Waals surface area contributed by atoms with E-state index in [0.29, 0.717) is 11.7 Å². The Balaban J connectivity index is 1.92. The van der Waals surface area contributed by atoms with Crippen LogP contribution in [0, 0.1) is 0 Å². The molecule has 0 bridgehead atoms. The smallest absolute Gasteiger partial charge is 0.135 e. The van der Waals surface area contributed by atoms with Gasteiger partial charge in [-0.05, 0) is 23.6 Å². The highest BCUT2D eigenvalue weighted by Crippen LogP contribution is 2.24. The van der Waals surface area contributed by atoms with Gasteiger partial charge in [0.2, 0.25) is 0 Å². The second-order valence-electron chi connectivity index (χ2n) is 4.19. The van der Waals surface area contributed by atoms with Crippen LogP contribution in [0.2, 0.25) is 5.15 Å². The summed E-state index contributed by atoms with van der Waals surface area (Å²) in [6.07, 6.45) is 1.78. The fraction of sp³-hybridized carbons (Fsp3) is 0.0667. The highest BCUT2D eigenvalue weighted by molar-refractivity contribution is 6.30. The van der Waals surface area contributed by atoms with Crippen molar-refractivity contribution in [2.24, 2.45) is 0 Å². The zero-order valence-electron chi connectivity index (χ0n) is 10.2. The average molecular weight is 270 g/mol. The van der Waals surface area contributed by atoms with Gasteiger partial charge in [0.1, 0.15) is 11.0 Å². The van der Waals surface area contributed by atoms with E-state index >= 15 is 0 Å². The number of nitrogens with zero attached hydrogens (tertiary/aromatic N) is 2. The third-order valence-electron chi connectivity index (χ3n) is 2.87. The lowest BCUT2D eigenvalue weighted by Gasteiger charge is -2.09. The molecule has 0 saturated heterocycles. The molecule has 0 spiro atoms. The zero-order valence-corrected chi connectivity index (χ0v) is 10.9. The van der Waals surface area contributed by atoms with Crippen LogP contribution >= 0.6 is 11.6 Å². The van der Waals surface area contributed by atoms with Crippen LogP contribution < -0.4 is 5.32 Å². The topological polar surface area (TPSA) is 37.8 Å². The molecule has 19 heavy (non-hydrogen) atoms. The molecule has 0 amide bonds. The molecule has 94 valence electrons. The molecule has 3 rings (SSSR count). The Bertz CT molecular complexity index is 698. The third kappa shape index (κ3) is 2.66. The van der Waals surface area contributed by atoms with Gasteiger partial charge in [-0.3, -0.25) is 4.98 Å². The summed E-state index contributed by atoms with van der Waals surface area (Å²) in [5, 5.41) is 5.91. The molecule has 2 aromatic heterocycles. The Hall–Kier alpha value is -2.13. The van der Waals surface area contributed by atoms with Crippen molar-refractivity contribution in [3.8, 4) is 0 Å². The van der Waals surface area contributed by atoms with Crippen molar-refractivity contribution in [3.63, 3.8) is 0 Å². The Labute approximate surface area is 116 Å². The van der Waals surface area contributed by atoms with Gasteiger partial charge in [0.25, 0.3) is 0 Å². The third-order valence-corrected chi connectivity index (χ3v) is 3.07. The van der Waals surface area contributed by atoms with E-state index in [1.807, 2.05) is 48.5 Å². The maximum atomic E-state index is 6.04. The first kappa shape index (κ1) is 11.9. The molecule has 1 N–H and O–H groups in total. The van der Waals surface area contributed by atoms with Crippen molar-refractivity contribution >= 4 is 28.2 Å². The lowest BCUT2D eigenvalue weighted by molar-refractivity contribution is 1.03. The second kappa shape index (κ2) is 5.24. The van der Waals surface area contributed by atoms with Crippen molar-refractivity contribution in [1.82, 2.24) is 9.97 Å². The SMILES string of the molecule is Clc1cc2ccccc2c(NCc2ccccn2)n1. The molecule has 3 nitrogen and oxygen atoms in total. The molecule has 0 aliphatic heterocycles. The highest BCUT2D eigenvalue weighted by Gasteiger charge is 2.04. The molecule has 0 atom stereocenters. The number of rotatable bonds is 3. The van der Waals surface area contributed by atoms with Crippen LogP contribution in [0.25, 0.3) is 10.8 Å². The summed E-state index contributed by atoms with van der Waals surface area (Å²) in [5.74, 6) is 0.786. The van der Waals surface area contributed by atoms with Gasteiger partial charge in [0, 0.05) is 11.6 Å². The Morgan fingerprint density at radius 1 is 1.05 bits per heavy atom. The zero-order chi connectivity index (χ0) is 13.1. The van der Waals surface area contributed by atoms with Gasteiger partial charge in [-0.25, -0.2) is 4.98 Å². The Morgan fingerprint density at radius 2 is 1.89 bits per heavy atom. The largest absolute Gasteiger partial charge is 0.364 e. The van der Waals surface area contributed by atoms with Gasteiger partial charge in [0.05, 0.1) is 12.2 Å². The van der Waals surface area contributed by atoms with Crippen LogP contribution in [0.3, 0.4) is 0 Å². The van der Waals surface area contributed by atoms with Gasteiger partial charge in [0.15, 0.2) is 0 Å². The van der Waals surface area contributed by atoms with E-state index in [0.717, 1.165) is 22.3 Å². The number of fused-ring (bicyclic) bond motifs is 1. The van der Waals surface area contributed by atoms with Crippen molar-refractivity contribution < 1.29 is 0 Å². The van der Waals surface area contributed by atoms with Gasteiger partial charge in [-0.2, -0.15) is 0 Å². The summed E-state index contributed by atoms with van der Waals surface area (Å²) in [5.41, 5.74) is 0.966. The summed E-state index contributed by atoms with van der Waals surface area (Å²) in [7, 11) is 0. The molecular formula is C15H12ClN3. The number of pyridine rings is 2. The minimum absolute atomic E-state index is 0.488. The van der Waals surface area contributed by atoms with Crippen molar-refractivity contribution in [2.75, 3.05) is 5.32 Å². The Kier molecular flexibility index (Phi) is 3.29. The monoisotopic (exact) mass is 269 g/mol. The molecule has 2 heterocycles. The summed E-state index contributed by atoms with van der Waals surface area (Å²) in [4.78, 5) is 8.62. The fourth-order valence-corrected chi connectivity index (χ4v) is 2.18. The molecule has 0 aliphatic carbocycles. The average Bonchev–Trinajstić information content (AvgIpc) is 2.45. The van der Waals surface area contributed by atoms with E-state index in [4.69, 9.17) is 11.6 Å². The molecule has 0 radical (unpaired) electrons. The van der Waals surface area contributed by atoms with E-state index in [1.54, 1.807) is 6.20 Å². The number of benzene rings is 1. The maximum Gasteiger partial charge on any atom is 0.135 e. The summed E-state index contributed by atoms with van der Waals surface area (Å²) >= 11 is 6.04.